The summed E-state index contributed by atoms with van der Waals surface area (Å²) in [6.45, 7) is 8.33. The SMILES string of the molecule is CCC(C)(CCO)NC(=O)CNc1c(C)cccc1C. The second-order valence-electron chi connectivity index (χ2n) is 5.56. The number of aliphatic hydroxyl groups excluding tert-OH is 1. The van der Waals surface area contributed by atoms with E-state index in [9.17, 15) is 4.79 Å². The summed E-state index contributed by atoms with van der Waals surface area (Å²) < 4.78 is 0. The maximum Gasteiger partial charge on any atom is 0.239 e. The lowest BCUT2D eigenvalue weighted by molar-refractivity contribution is -0.121. The van der Waals surface area contributed by atoms with Gasteiger partial charge in [0.25, 0.3) is 0 Å². The Kier molecular flexibility index (Phi) is 6.02. The Morgan fingerprint density at radius 3 is 2.40 bits per heavy atom. The van der Waals surface area contributed by atoms with E-state index in [2.05, 4.69) is 10.6 Å². The Morgan fingerprint density at radius 2 is 1.90 bits per heavy atom. The minimum absolute atomic E-state index is 0.0505. The fraction of sp³-hybridized carbons (Fsp3) is 0.562. The van der Waals surface area contributed by atoms with Crippen molar-refractivity contribution in [2.24, 2.45) is 0 Å². The number of carbonyl (C=O) groups is 1. The van der Waals surface area contributed by atoms with Crippen LogP contribution in [0.3, 0.4) is 0 Å². The van der Waals surface area contributed by atoms with Crippen LogP contribution in [0, 0.1) is 13.8 Å². The third-order valence-electron chi connectivity index (χ3n) is 3.79. The van der Waals surface area contributed by atoms with Crippen LogP contribution >= 0.6 is 0 Å². The summed E-state index contributed by atoms with van der Waals surface area (Å²) in [7, 11) is 0. The quantitative estimate of drug-likeness (QED) is 0.717. The molecule has 4 nitrogen and oxygen atoms in total. The van der Waals surface area contributed by atoms with Gasteiger partial charge in [0.05, 0.1) is 6.54 Å². The van der Waals surface area contributed by atoms with Crippen LogP contribution in [-0.2, 0) is 4.79 Å². The third kappa shape index (κ3) is 4.53. The lowest BCUT2D eigenvalue weighted by atomic mass is 9.95. The number of aryl methyl sites for hydroxylation is 2. The Balaban J connectivity index is 2.59. The molecule has 0 aliphatic carbocycles. The van der Waals surface area contributed by atoms with Crippen LogP contribution in [-0.4, -0.2) is 29.7 Å². The number of hydrogen-bond donors (Lipinski definition) is 3. The first-order valence-electron chi connectivity index (χ1n) is 7.14. The van der Waals surface area contributed by atoms with Gasteiger partial charge < -0.3 is 15.7 Å². The standard InChI is InChI=1S/C16H26N2O2/c1-5-16(4,9-10-19)18-14(20)11-17-15-12(2)7-6-8-13(15)3/h6-8,17,19H,5,9-11H2,1-4H3,(H,18,20). The molecule has 0 aliphatic heterocycles. The molecule has 4 heteroatoms. The van der Waals surface area contributed by atoms with Gasteiger partial charge in [-0.25, -0.2) is 0 Å². The van der Waals surface area contributed by atoms with Crippen molar-refractivity contribution in [3.63, 3.8) is 0 Å². The first-order chi connectivity index (χ1) is 9.41. The van der Waals surface area contributed by atoms with Crippen molar-refractivity contribution in [1.29, 1.82) is 0 Å². The van der Waals surface area contributed by atoms with Gasteiger partial charge in [-0.15, -0.1) is 0 Å². The number of nitrogens with one attached hydrogen (secondary N) is 2. The number of benzene rings is 1. The first kappa shape index (κ1) is 16.5. The average Bonchev–Trinajstić information content (AvgIpc) is 2.38. The predicted octanol–water partition coefficient (Wildman–Crippen LogP) is 2.38. The van der Waals surface area contributed by atoms with Crippen molar-refractivity contribution in [2.75, 3.05) is 18.5 Å². The number of amides is 1. The zero-order valence-electron chi connectivity index (χ0n) is 12.9. The summed E-state index contributed by atoms with van der Waals surface area (Å²) in [5, 5.41) is 15.2. The van der Waals surface area contributed by atoms with E-state index in [1.807, 2.05) is 45.9 Å². The molecular formula is C16H26N2O2. The molecule has 0 bridgehead atoms. The van der Waals surface area contributed by atoms with Gasteiger partial charge in [-0.1, -0.05) is 25.1 Å². The molecule has 1 unspecified atom stereocenters. The van der Waals surface area contributed by atoms with Gasteiger partial charge in [-0.3, -0.25) is 4.79 Å². The highest BCUT2D eigenvalue weighted by Crippen LogP contribution is 2.19. The monoisotopic (exact) mass is 278 g/mol. The zero-order valence-corrected chi connectivity index (χ0v) is 12.9. The van der Waals surface area contributed by atoms with Crippen molar-refractivity contribution in [3.05, 3.63) is 29.3 Å². The van der Waals surface area contributed by atoms with Gasteiger partial charge in [0, 0.05) is 17.8 Å². The zero-order chi connectivity index (χ0) is 15.2. The van der Waals surface area contributed by atoms with Crippen molar-refractivity contribution in [2.45, 2.75) is 46.1 Å². The molecule has 1 aromatic rings. The van der Waals surface area contributed by atoms with Gasteiger partial charge in [0.15, 0.2) is 0 Å². The fourth-order valence-electron chi connectivity index (χ4n) is 2.22. The van der Waals surface area contributed by atoms with Gasteiger partial charge in [-0.05, 0) is 44.7 Å². The van der Waals surface area contributed by atoms with E-state index in [0.29, 0.717) is 6.42 Å². The highest BCUT2D eigenvalue weighted by Gasteiger charge is 2.23. The summed E-state index contributed by atoms with van der Waals surface area (Å²) in [5.41, 5.74) is 2.94. The fourth-order valence-corrected chi connectivity index (χ4v) is 2.22. The Hall–Kier alpha value is -1.55. The topological polar surface area (TPSA) is 61.4 Å². The predicted molar refractivity (Wildman–Crippen MR) is 82.9 cm³/mol. The Bertz CT molecular complexity index is 440. The molecular weight excluding hydrogens is 252 g/mol. The summed E-state index contributed by atoms with van der Waals surface area (Å²) in [6.07, 6.45) is 1.36. The molecule has 1 rings (SSSR count). The van der Waals surface area contributed by atoms with E-state index in [-0.39, 0.29) is 24.6 Å². The molecule has 0 aliphatic rings. The Labute approximate surface area is 121 Å². The first-order valence-corrected chi connectivity index (χ1v) is 7.14. The van der Waals surface area contributed by atoms with Gasteiger partial charge in [-0.2, -0.15) is 0 Å². The van der Waals surface area contributed by atoms with Crippen molar-refractivity contribution < 1.29 is 9.90 Å². The number of aliphatic hydroxyl groups is 1. The molecule has 1 amide bonds. The number of carbonyl (C=O) groups excluding carboxylic acids is 1. The molecule has 1 atom stereocenters. The van der Waals surface area contributed by atoms with Crippen LogP contribution in [0.4, 0.5) is 5.69 Å². The van der Waals surface area contributed by atoms with Gasteiger partial charge in [0.1, 0.15) is 0 Å². The largest absolute Gasteiger partial charge is 0.396 e. The molecule has 3 N–H and O–H groups in total. The van der Waals surface area contributed by atoms with E-state index in [0.717, 1.165) is 23.2 Å². The maximum atomic E-state index is 12.0. The molecule has 0 aromatic heterocycles. The molecule has 0 saturated carbocycles. The summed E-state index contributed by atoms with van der Waals surface area (Å²) in [4.78, 5) is 12.0. The minimum Gasteiger partial charge on any atom is -0.396 e. The molecule has 1 aromatic carbocycles. The normalized spacial score (nSPS) is 13.7. The second-order valence-corrected chi connectivity index (χ2v) is 5.56. The van der Waals surface area contributed by atoms with Crippen molar-refractivity contribution in [3.8, 4) is 0 Å². The molecule has 20 heavy (non-hydrogen) atoms. The number of hydrogen-bond acceptors (Lipinski definition) is 3. The third-order valence-corrected chi connectivity index (χ3v) is 3.79. The number of anilines is 1. The summed E-state index contributed by atoms with van der Waals surface area (Å²) >= 11 is 0. The molecule has 0 radical (unpaired) electrons. The van der Waals surface area contributed by atoms with Crippen LogP contribution in [0.1, 0.15) is 37.8 Å². The average molecular weight is 278 g/mol. The number of rotatable bonds is 7. The van der Waals surface area contributed by atoms with E-state index < -0.39 is 0 Å². The van der Waals surface area contributed by atoms with Crippen LogP contribution in [0.25, 0.3) is 0 Å². The maximum absolute atomic E-state index is 12.0. The lowest BCUT2D eigenvalue weighted by Gasteiger charge is -2.29. The highest BCUT2D eigenvalue weighted by molar-refractivity contribution is 5.82. The Morgan fingerprint density at radius 1 is 1.30 bits per heavy atom. The van der Waals surface area contributed by atoms with Crippen LogP contribution < -0.4 is 10.6 Å². The van der Waals surface area contributed by atoms with E-state index in [1.54, 1.807) is 0 Å². The van der Waals surface area contributed by atoms with Crippen LogP contribution in [0.5, 0.6) is 0 Å². The molecule has 0 heterocycles. The van der Waals surface area contributed by atoms with E-state index in [4.69, 9.17) is 5.11 Å². The van der Waals surface area contributed by atoms with E-state index in [1.165, 1.54) is 0 Å². The smallest absolute Gasteiger partial charge is 0.239 e. The lowest BCUT2D eigenvalue weighted by Crippen LogP contribution is -2.48. The van der Waals surface area contributed by atoms with Crippen LogP contribution in [0.15, 0.2) is 18.2 Å². The van der Waals surface area contributed by atoms with Crippen LogP contribution in [0.2, 0.25) is 0 Å². The highest BCUT2D eigenvalue weighted by atomic mass is 16.3. The second kappa shape index (κ2) is 7.29. The molecule has 0 fully saturated rings. The molecule has 0 saturated heterocycles. The summed E-state index contributed by atoms with van der Waals surface area (Å²) in [6, 6.07) is 6.05. The van der Waals surface area contributed by atoms with Crippen molar-refractivity contribution in [1.82, 2.24) is 5.32 Å². The van der Waals surface area contributed by atoms with Crippen molar-refractivity contribution >= 4 is 11.6 Å². The molecule has 112 valence electrons. The van der Waals surface area contributed by atoms with Gasteiger partial charge >= 0.3 is 0 Å². The number of para-hydroxylation sites is 1. The van der Waals surface area contributed by atoms with E-state index >= 15 is 0 Å². The van der Waals surface area contributed by atoms with Gasteiger partial charge in [0.2, 0.25) is 5.91 Å². The minimum atomic E-state index is -0.339. The summed E-state index contributed by atoms with van der Waals surface area (Å²) in [5.74, 6) is -0.0505. The molecule has 0 spiro atoms.